The predicted octanol–water partition coefficient (Wildman–Crippen LogP) is 9.39. The molecule has 2 nitrogen and oxygen atoms in total. The second-order valence-corrected chi connectivity index (χ2v) is 10.7. The molecule has 36 heavy (non-hydrogen) atoms. The van der Waals surface area contributed by atoms with Gasteiger partial charge in [-0.3, -0.25) is 9.59 Å². The first-order valence-electron chi connectivity index (χ1n) is 15.0. The highest BCUT2D eigenvalue weighted by Crippen LogP contribution is 2.39. The molecule has 3 rings (SSSR count). The molecule has 0 fully saturated rings. The van der Waals surface area contributed by atoms with Gasteiger partial charge in [-0.2, -0.15) is 0 Å². The first-order chi connectivity index (χ1) is 17.6. The van der Waals surface area contributed by atoms with Crippen molar-refractivity contribution in [2.24, 2.45) is 0 Å². The summed E-state index contributed by atoms with van der Waals surface area (Å²) < 4.78 is 0. The largest absolute Gasteiger partial charge is 0.289 e. The van der Waals surface area contributed by atoms with Crippen molar-refractivity contribution in [3.63, 3.8) is 0 Å². The summed E-state index contributed by atoms with van der Waals surface area (Å²) in [5.74, 6) is 0.167. The lowest BCUT2D eigenvalue weighted by molar-refractivity contribution is 0.0977. The summed E-state index contributed by atoms with van der Waals surface area (Å²) in [5.41, 5.74) is 8.04. The van der Waals surface area contributed by atoms with Gasteiger partial charge < -0.3 is 0 Å². The third kappa shape index (κ3) is 6.36. The highest BCUT2D eigenvalue weighted by Gasteiger charge is 2.36. The van der Waals surface area contributed by atoms with Crippen molar-refractivity contribution in [3.05, 3.63) is 68.8 Å². The van der Waals surface area contributed by atoms with E-state index in [0.29, 0.717) is 11.1 Å². The maximum absolute atomic E-state index is 14.1. The van der Waals surface area contributed by atoms with E-state index in [-0.39, 0.29) is 11.6 Å². The Balaban J connectivity index is 2.29. The van der Waals surface area contributed by atoms with Crippen molar-refractivity contribution in [3.8, 4) is 0 Å². The van der Waals surface area contributed by atoms with Crippen LogP contribution >= 0.6 is 0 Å². The summed E-state index contributed by atoms with van der Waals surface area (Å²) in [6, 6.07) is 7.51. The molecule has 2 aromatic rings. The fraction of sp³-hybridized carbons (Fsp3) is 0.588. The molecule has 0 heterocycles. The van der Waals surface area contributed by atoms with Crippen LogP contribution in [0.3, 0.4) is 0 Å². The maximum atomic E-state index is 14.1. The topological polar surface area (TPSA) is 34.1 Å². The molecule has 2 aromatic carbocycles. The van der Waals surface area contributed by atoms with Gasteiger partial charge in [0.15, 0.2) is 11.6 Å². The van der Waals surface area contributed by atoms with Crippen LogP contribution in [0.25, 0.3) is 0 Å². The van der Waals surface area contributed by atoms with Crippen LogP contribution in [0, 0.1) is 0 Å². The summed E-state index contributed by atoms with van der Waals surface area (Å²) in [4.78, 5) is 28.2. The average Bonchev–Trinajstić information content (AvgIpc) is 2.89. The summed E-state index contributed by atoms with van der Waals surface area (Å²) >= 11 is 0. The zero-order chi connectivity index (χ0) is 25.9. The highest BCUT2D eigenvalue weighted by molar-refractivity contribution is 6.29. The number of unbranched alkanes of at least 4 members (excludes halogenated alkanes) is 8. The second kappa shape index (κ2) is 14.5. The number of rotatable bonds is 16. The Kier molecular flexibility index (Phi) is 11.4. The van der Waals surface area contributed by atoms with E-state index >= 15 is 0 Å². The minimum Gasteiger partial charge on any atom is -0.289 e. The van der Waals surface area contributed by atoms with E-state index in [4.69, 9.17) is 0 Å². The van der Waals surface area contributed by atoms with Crippen molar-refractivity contribution in [2.75, 3.05) is 0 Å². The van der Waals surface area contributed by atoms with Gasteiger partial charge in [-0.15, -0.1) is 0 Å². The molecule has 2 heteroatoms. The molecule has 0 amide bonds. The van der Waals surface area contributed by atoms with Crippen molar-refractivity contribution in [1.29, 1.82) is 0 Å². The summed E-state index contributed by atoms with van der Waals surface area (Å²) in [6.45, 7) is 8.98. The minimum absolute atomic E-state index is 0.0836. The Hall–Kier alpha value is -2.22. The molecular formula is C34H48O2. The Bertz CT molecular complexity index is 948. The Morgan fingerprint density at radius 2 is 0.750 bits per heavy atom. The van der Waals surface area contributed by atoms with Gasteiger partial charge in [0.2, 0.25) is 0 Å². The average molecular weight is 489 g/mol. The Morgan fingerprint density at radius 3 is 1.06 bits per heavy atom. The SMILES string of the molecule is CCCCCc1c(CCCCC)c(CCCCC)c2c(c1CCCCC)C(=O)c1ccccc1C2=O. The van der Waals surface area contributed by atoms with Crippen molar-refractivity contribution in [2.45, 2.75) is 130 Å². The molecule has 0 aromatic heterocycles. The first-order valence-corrected chi connectivity index (χ1v) is 15.0. The van der Waals surface area contributed by atoms with Gasteiger partial charge in [-0.1, -0.05) is 103 Å². The monoisotopic (exact) mass is 488 g/mol. The molecule has 0 aliphatic heterocycles. The summed E-state index contributed by atoms with van der Waals surface area (Å²) in [6.07, 6.45) is 17.8. The third-order valence-corrected chi connectivity index (χ3v) is 7.94. The van der Waals surface area contributed by atoms with Crippen LogP contribution in [0.4, 0.5) is 0 Å². The van der Waals surface area contributed by atoms with Gasteiger partial charge in [0, 0.05) is 22.3 Å². The zero-order valence-electron chi connectivity index (χ0n) is 23.4. The van der Waals surface area contributed by atoms with Gasteiger partial charge in [-0.05, 0) is 73.6 Å². The van der Waals surface area contributed by atoms with Crippen molar-refractivity contribution in [1.82, 2.24) is 0 Å². The van der Waals surface area contributed by atoms with Crippen LogP contribution in [-0.4, -0.2) is 11.6 Å². The molecule has 0 saturated heterocycles. The van der Waals surface area contributed by atoms with Crippen LogP contribution in [0.5, 0.6) is 0 Å². The van der Waals surface area contributed by atoms with E-state index in [9.17, 15) is 9.59 Å². The normalized spacial score (nSPS) is 12.7. The van der Waals surface area contributed by atoms with Crippen LogP contribution < -0.4 is 0 Å². The number of carbonyl (C=O) groups is 2. The predicted molar refractivity (Wildman–Crippen MR) is 153 cm³/mol. The van der Waals surface area contributed by atoms with Crippen LogP contribution in [0.1, 0.15) is 159 Å². The molecular weight excluding hydrogens is 440 g/mol. The number of hydrogen-bond donors (Lipinski definition) is 0. The lowest BCUT2D eigenvalue weighted by Gasteiger charge is -2.29. The molecule has 0 N–H and O–H groups in total. The zero-order valence-corrected chi connectivity index (χ0v) is 23.4. The van der Waals surface area contributed by atoms with Gasteiger partial charge in [0.05, 0.1) is 0 Å². The highest BCUT2D eigenvalue weighted by atomic mass is 16.1. The van der Waals surface area contributed by atoms with Gasteiger partial charge >= 0.3 is 0 Å². The second-order valence-electron chi connectivity index (χ2n) is 10.7. The first kappa shape index (κ1) is 28.4. The van der Waals surface area contributed by atoms with Crippen LogP contribution in [-0.2, 0) is 25.7 Å². The van der Waals surface area contributed by atoms with Crippen molar-refractivity contribution < 1.29 is 9.59 Å². The van der Waals surface area contributed by atoms with E-state index in [1.165, 1.54) is 47.9 Å². The quantitative estimate of drug-likeness (QED) is 0.188. The van der Waals surface area contributed by atoms with Gasteiger partial charge in [0.1, 0.15) is 0 Å². The van der Waals surface area contributed by atoms with E-state index in [0.717, 1.165) is 88.2 Å². The molecule has 196 valence electrons. The third-order valence-electron chi connectivity index (χ3n) is 7.94. The number of ketones is 2. The lowest BCUT2D eigenvalue weighted by Crippen LogP contribution is -2.27. The standard InChI is InChI=1S/C34H48O2/c1-5-9-13-19-25-26(20-14-10-6-2)28(22-16-12-8-4)32-31(27(25)21-15-11-7-3)33(35)29-23-17-18-24-30(29)34(32)36/h17-18,23-24H,5-16,19-22H2,1-4H3. The van der Waals surface area contributed by atoms with Crippen LogP contribution in [0.15, 0.2) is 24.3 Å². The molecule has 0 atom stereocenters. The molecule has 1 aliphatic carbocycles. The molecule has 0 bridgehead atoms. The number of fused-ring (bicyclic) bond motifs is 2. The Morgan fingerprint density at radius 1 is 0.444 bits per heavy atom. The number of hydrogen-bond acceptors (Lipinski definition) is 2. The molecule has 0 radical (unpaired) electrons. The fourth-order valence-corrected chi connectivity index (χ4v) is 5.98. The van der Waals surface area contributed by atoms with E-state index in [1.54, 1.807) is 0 Å². The number of carbonyl (C=O) groups excluding carboxylic acids is 2. The van der Waals surface area contributed by atoms with Crippen LogP contribution in [0.2, 0.25) is 0 Å². The summed E-state index contributed by atoms with van der Waals surface area (Å²) in [7, 11) is 0. The number of benzene rings is 2. The maximum Gasteiger partial charge on any atom is 0.194 e. The van der Waals surface area contributed by atoms with Gasteiger partial charge in [-0.25, -0.2) is 0 Å². The molecule has 1 aliphatic rings. The Labute approximate surface area is 220 Å². The molecule has 0 unspecified atom stereocenters. The van der Waals surface area contributed by atoms with E-state index in [2.05, 4.69) is 27.7 Å². The molecule has 0 saturated carbocycles. The fourth-order valence-electron chi connectivity index (χ4n) is 5.98. The summed E-state index contributed by atoms with van der Waals surface area (Å²) in [5, 5.41) is 0. The van der Waals surface area contributed by atoms with E-state index in [1.807, 2.05) is 24.3 Å². The molecule has 0 spiro atoms. The van der Waals surface area contributed by atoms with Gasteiger partial charge in [0.25, 0.3) is 0 Å². The lowest BCUT2D eigenvalue weighted by atomic mass is 9.73. The smallest absolute Gasteiger partial charge is 0.194 e. The van der Waals surface area contributed by atoms with E-state index < -0.39 is 0 Å². The van der Waals surface area contributed by atoms with Crippen molar-refractivity contribution >= 4 is 11.6 Å². The minimum atomic E-state index is 0.0836.